The third-order valence-electron chi connectivity index (χ3n) is 2.97. The largest absolute Gasteiger partial charge is 0.372 e. The van der Waals surface area contributed by atoms with Crippen molar-refractivity contribution in [3.05, 3.63) is 24.3 Å². The average molecular weight is 217 g/mol. The van der Waals surface area contributed by atoms with Crippen LogP contribution >= 0.6 is 0 Å². The first-order chi connectivity index (χ1) is 7.85. The van der Waals surface area contributed by atoms with Gasteiger partial charge in [0.1, 0.15) is 0 Å². The Hall–Kier alpha value is -1.51. The van der Waals surface area contributed by atoms with Crippen LogP contribution in [0.15, 0.2) is 29.4 Å². The quantitative estimate of drug-likeness (QED) is 0.772. The van der Waals surface area contributed by atoms with Crippen LogP contribution in [-0.2, 0) is 0 Å². The van der Waals surface area contributed by atoms with E-state index in [2.05, 4.69) is 48.1 Å². The zero-order valence-corrected chi connectivity index (χ0v) is 10.1. The minimum atomic E-state index is 1.00. The Bertz CT molecular complexity index is 352. The molecule has 0 atom stereocenters. The highest BCUT2D eigenvalue weighted by Crippen LogP contribution is 2.22. The van der Waals surface area contributed by atoms with Crippen molar-refractivity contribution in [1.82, 2.24) is 0 Å². The molecule has 0 bridgehead atoms. The molecule has 86 valence electrons. The second kappa shape index (κ2) is 5.01. The summed E-state index contributed by atoms with van der Waals surface area (Å²) in [6.07, 6.45) is 3.02. The van der Waals surface area contributed by atoms with E-state index in [9.17, 15) is 0 Å². The fraction of sp³-hybridized carbons (Fsp3) is 0.462. The molecule has 0 aliphatic carbocycles. The van der Waals surface area contributed by atoms with Gasteiger partial charge in [-0.15, -0.1) is 0 Å². The van der Waals surface area contributed by atoms with Gasteiger partial charge in [0, 0.05) is 38.0 Å². The topological polar surface area (TPSA) is 18.8 Å². The molecule has 1 aromatic rings. The number of hydrogen-bond donors (Lipinski definition) is 0. The lowest BCUT2D eigenvalue weighted by molar-refractivity contribution is 0.865. The molecule has 3 nitrogen and oxygen atoms in total. The van der Waals surface area contributed by atoms with Gasteiger partial charge in [-0.2, -0.15) is 5.10 Å². The number of rotatable bonds is 4. The van der Waals surface area contributed by atoms with Crippen LogP contribution in [0.4, 0.5) is 11.4 Å². The van der Waals surface area contributed by atoms with Gasteiger partial charge in [0.05, 0.1) is 5.69 Å². The molecule has 0 saturated heterocycles. The van der Waals surface area contributed by atoms with E-state index in [0.29, 0.717) is 0 Å². The van der Waals surface area contributed by atoms with E-state index >= 15 is 0 Å². The minimum Gasteiger partial charge on any atom is -0.372 e. The highest BCUT2D eigenvalue weighted by atomic mass is 15.5. The van der Waals surface area contributed by atoms with Crippen molar-refractivity contribution in [2.45, 2.75) is 20.3 Å². The van der Waals surface area contributed by atoms with E-state index in [1.807, 2.05) is 11.2 Å². The predicted octanol–water partition coefficient (Wildman–Crippen LogP) is 2.73. The predicted molar refractivity (Wildman–Crippen MR) is 70.5 cm³/mol. The van der Waals surface area contributed by atoms with Gasteiger partial charge in [-0.3, -0.25) is 5.01 Å². The van der Waals surface area contributed by atoms with E-state index in [0.717, 1.165) is 26.1 Å². The maximum absolute atomic E-state index is 4.32. The first-order valence-electron chi connectivity index (χ1n) is 6.00. The molecule has 2 rings (SSSR count). The number of hydrogen-bond acceptors (Lipinski definition) is 3. The van der Waals surface area contributed by atoms with Crippen molar-refractivity contribution >= 4 is 17.6 Å². The molecule has 0 aromatic heterocycles. The van der Waals surface area contributed by atoms with Crippen LogP contribution in [0.2, 0.25) is 0 Å². The Kier molecular flexibility index (Phi) is 3.44. The summed E-state index contributed by atoms with van der Waals surface area (Å²) < 4.78 is 0. The van der Waals surface area contributed by atoms with E-state index in [1.54, 1.807) is 0 Å². The highest BCUT2D eigenvalue weighted by Gasteiger charge is 2.08. The first-order valence-corrected chi connectivity index (χ1v) is 6.00. The highest BCUT2D eigenvalue weighted by molar-refractivity contribution is 5.66. The summed E-state index contributed by atoms with van der Waals surface area (Å²) in [6.45, 7) is 7.48. The zero-order chi connectivity index (χ0) is 11.4. The van der Waals surface area contributed by atoms with Crippen LogP contribution in [0.25, 0.3) is 0 Å². The van der Waals surface area contributed by atoms with Crippen LogP contribution in [-0.4, -0.2) is 25.8 Å². The Morgan fingerprint density at radius 1 is 1.19 bits per heavy atom. The molecule has 0 N–H and O–H groups in total. The summed E-state index contributed by atoms with van der Waals surface area (Å²) in [7, 11) is 0. The molecule has 0 fully saturated rings. The molecular weight excluding hydrogens is 198 g/mol. The van der Waals surface area contributed by atoms with Gasteiger partial charge in [-0.05, 0) is 38.1 Å². The SMILES string of the molecule is CCN(CC)c1ccc(N2CCC=N2)cc1. The minimum absolute atomic E-state index is 1.00. The summed E-state index contributed by atoms with van der Waals surface area (Å²) in [5, 5.41) is 6.36. The summed E-state index contributed by atoms with van der Waals surface area (Å²) in [6, 6.07) is 8.65. The summed E-state index contributed by atoms with van der Waals surface area (Å²) in [4.78, 5) is 2.34. The van der Waals surface area contributed by atoms with Crippen LogP contribution in [0.5, 0.6) is 0 Å². The lowest BCUT2D eigenvalue weighted by atomic mass is 10.2. The Morgan fingerprint density at radius 2 is 1.88 bits per heavy atom. The molecule has 16 heavy (non-hydrogen) atoms. The van der Waals surface area contributed by atoms with Crippen LogP contribution < -0.4 is 9.91 Å². The van der Waals surface area contributed by atoms with Gasteiger partial charge in [0.25, 0.3) is 0 Å². The molecule has 0 saturated carbocycles. The fourth-order valence-corrected chi connectivity index (χ4v) is 2.01. The fourth-order valence-electron chi connectivity index (χ4n) is 2.01. The summed E-state index contributed by atoms with van der Waals surface area (Å²) in [5.74, 6) is 0. The molecule has 1 aliphatic rings. The normalized spacial score (nSPS) is 14.5. The van der Waals surface area contributed by atoms with Crippen molar-refractivity contribution in [3.8, 4) is 0 Å². The van der Waals surface area contributed by atoms with Crippen LogP contribution in [0.1, 0.15) is 20.3 Å². The van der Waals surface area contributed by atoms with Crippen molar-refractivity contribution in [2.75, 3.05) is 29.5 Å². The molecule has 0 spiro atoms. The van der Waals surface area contributed by atoms with Gasteiger partial charge in [-0.25, -0.2) is 0 Å². The lowest BCUT2D eigenvalue weighted by Crippen LogP contribution is -2.21. The Labute approximate surface area is 97.4 Å². The standard InChI is InChI=1S/C13H19N3/c1-3-15(4-2)12-6-8-13(9-7-12)16-11-5-10-14-16/h6-10H,3-5,11H2,1-2H3. The van der Waals surface area contributed by atoms with Gasteiger partial charge in [-0.1, -0.05) is 0 Å². The zero-order valence-electron chi connectivity index (χ0n) is 10.1. The molecular formula is C13H19N3. The second-order valence-electron chi connectivity index (χ2n) is 3.90. The maximum Gasteiger partial charge on any atom is 0.0595 e. The van der Waals surface area contributed by atoms with Crippen molar-refractivity contribution in [1.29, 1.82) is 0 Å². The molecule has 1 heterocycles. The number of hydrazone groups is 1. The van der Waals surface area contributed by atoms with Crippen LogP contribution in [0, 0.1) is 0 Å². The summed E-state index contributed by atoms with van der Waals surface area (Å²) >= 11 is 0. The second-order valence-corrected chi connectivity index (χ2v) is 3.90. The van der Waals surface area contributed by atoms with Crippen molar-refractivity contribution < 1.29 is 0 Å². The van der Waals surface area contributed by atoms with E-state index in [1.165, 1.54) is 11.4 Å². The van der Waals surface area contributed by atoms with Gasteiger partial charge < -0.3 is 4.90 Å². The van der Waals surface area contributed by atoms with Crippen molar-refractivity contribution in [3.63, 3.8) is 0 Å². The van der Waals surface area contributed by atoms with Gasteiger partial charge in [0.2, 0.25) is 0 Å². The van der Waals surface area contributed by atoms with E-state index in [4.69, 9.17) is 0 Å². The molecule has 1 aliphatic heterocycles. The van der Waals surface area contributed by atoms with E-state index in [-0.39, 0.29) is 0 Å². The lowest BCUT2D eigenvalue weighted by Gasteiger charge is -2.22. The Morgan fingerprint density at radius 3 is 2.38 bits per heavy atom. The molecule has 0 radical (unpaired) electrons. The van der Waals surface area contributed by atoms with Crippen LogP contribution in [0.3, 0.4) is 0 Å². The first kappa shape index (κ1) is 11.0. The molecule has 0 amide bonds. The van der Waals surface area contributed by atoms with Gasteiger partial charge >= 0.3 is 0 Å². The van der Waals surface area contributed by atoms with Crippen molar-refractivity contribution in [2.24, 2.45) is 5.10 Å². The molecule has 3 heteroatoms. The monoisotopic (exact) mass is 217 g/mol. The molecule has 0 unspecified atom stereocenters. The van der Waals surface area contributed by atoms with Gasteiger partial charge in [0.15, 0.2) is 0 Å². The number of nitrogens with zero attached hydrogens (tertiary/aromatic N) is 3. The van der Waals surface area contributed by atoms with E-state index < -0.39 is 0 Å². The number of benzene rings is 1. The Balaban J connectivity index is 2.12. The average Bonchev–Trinajstić information content (AvgIpc) is 2.85. The third-order valence-corrected chi connectivity index (χ3v) is 2.97. The smallest absolute Gasteiger partial charge is 0.0595 e. The summed E-state index contributed by atoms with van der Waals surface area (Å²) in [5.41, 5.74) is 2.47. The maximum atomic E-state index is 4.32. The number of anilines is 2. The molecule has 1 aromatic carbocycles. The third kappa shape index (κ3) is 2.18.